The summed E-state index contributed by atoms with van der Waals surface area (Å²) in [7, 11) is 0. The number of carbonyl (C=O) groups is 1. The average molecular weight is 257 g/mol. The van der Waals surface area contributed by atoms with E-state index in [1.54, 1.807) is 11.2 Å². The Bertz CT molecular complexity index is 566. The van der Waals surface area contributed by atoms with Crippen LogP contribution in [-0.4, -0.2) is 24.1 Å². The van der Waals surface area contributed by atoms with Crippen molar-refractivity contribution in [1.82, 2.24) is 10.3 Å². The van der Waals surface area contributed by atoms with Gasteiger partial charge in [0, 0.05) is 25.2 Å². The Morgan fingerprint density at radius 2 is 2.32 bits per heavy atom. The molecule has 98 valence electrons. The number of oxazole rings is 1. The molecule has 3 rings (SSSR count). The maximum Gasteiger partial charge on any atom is 0.321 e. The fourth-order valence-electron chi connectivity index (χ4n) is 2.30. The highest BCUT2D eigenvalue weighted by molar-refractivity contribution is 5.94. The summed E-state index contributed by atoms with van der Waals surface area (Å²) in [6, 6.07) is 7.97. The van der Waals surface area contributed by atoms with Crippen LogP contribution in [0.15, 0.2) is 41.3 Å². The number of nitrogens with one attached hydrogen (secondary N) is 1. The number of para-hydroxylation sites is 1. The summed E-state index contributed by atoms with van der Waals surface area (Å²) in [5, 5.41) is 2.91. The monoisotopic (exact) mass is 257 g/mol. The zero-order valence-corrected chi connectivity index (χ0v) is 10.5. The van der Waals surface area contributed by atoms with Gasteiger partial charge in [0.2, 0.25) is 0 Å². The minimum absolute atomic E-state index is 0.0477. The summed E-state index contributed by atoms with van der Waals surface area (Å²) in [4.78, 5) is 17.9. The minimum atomic E-state index is -0.0477. The normalized spacial score (nSPS) is 13.4. The van der Waals surface area contributed by atoms with Crippen molar-refractivity contribution in [2.45, 2.75) is 12.8 Å². The van der Waals surface area contributed by atoms with Crippen LogP contribution in [0.25, 0.3) is 0 Å². The van der Waals surface area contributed by atoms with Gasteiger partial charge in [-0.15, -0.1) is 0 Å². The molecule has 0 bridgehead atoms. The van der Waals surface area contributed by atoms with Gasteiger partial charge in [-0.25, -0.2) is 9.78 Å². The Morgan fingerprint density at radius 3 is 3.16 bits per heavy atom. The van der Waals surface area contributed by atoms with Crippen molar-refractivity contribution < 1.29 is 9.21 Å². The number of rotatable bonds is 3. The molecule has 0 atom stereocenters. The average Bonchev–Trinajstić information content (AvgIpc) is 3.07. The molecule has 0 saturated carbocycles. The molecular formula is C14H15N3O2. The number of carbonyl (C=O) groups excluding carboxylic acids is 1. The summed E-state index contributed by atoms with van der Waals surface area (Å²) in [5.74, 6) is 0. The number of anilines is 1. The van der Waals surface area contributed by atoms with Gasteiger partial charge in [0.15, 0.2) is 6.39 Å². The molecule has 1 aliphatic rings. The highest BCUT2D eigenvalue weighted by Gasteiger charge is 2.23. The molecule has 0 spiro atoms. The van der Waals surface area contributed by atoms with E-state index < -0.39 is 0 Å². The SMILES string of the molecule is O=C(NCCc1cocn1)N1CCc2ccccc21. The van der Waals surface area contributed by atoms with E-state index in [1.807, 2.05) is 18.2 Å². The van der Waals surface area contributed by atoms with E-state index in [1.165, 1.54) is 12.0 Å². The number of benzene rings is 1. The number of hydrogen-bond acceptors (Lipinski definition) is 3. The number of hydrogen-bond donors (Lipinski definition) is 1. The van der Waals surface area contributed by atoms with E-state index in [9.17, 15) is 4.79 Å². The molecule has 1 aromatic carbocycles. The molecule has 5 nitrogen and oxygen atoms in total. The molecule has 0 aliphatic carbocycles. The van der Waals surface area contributed by atoms with Gasteiger partial charge in [-0.2, -0.15) is 0 Å². The Kier molecular flexibility index (Phi) is 3.18. The van der Waals surface area contributed by atoms with Gasteiger partial charge in [-0.05, 0) is 18.1 Å². The maximum absolute atomic E-state index is 12.1. The largest absolute Gasteiger partial charge is 0.451 e. The zero-order valence-electron chi connectivity index (χ0n) is 10.5. The Labute approximate surface area is 111 Å². The molecule has 2 aromatic rings. The highest BCUT2D eigenvalue weighted by Crippen LogP contribution is 2.27. The van der Waals surface area contributed by atoms with E-state index >= 15 is 0 Å². The molecule has 0 unspecified atom stereocenters. The lowest BCUT2D eigenvalue weighted by Gasteiger charge is -2.17. The van der Waals surface area contributed by atoms with Gasteiger partial charge in [-0.3, -0.25) is 4.90 Å². The second kappa shape index (κ2) is 5.14. The van der Waals surface area contributed by atoms with E-state index in [2.05, 4.69) is 16.4 Å². The van der Waals surface area contributed by atoms with Crippen molar-refractivity contribution in [2.24, 2.45) is 0 Å². The van der Waals surface area contributed by atoms with Crippen LogP contribution in [0, 0.1) is 0 Å². The van der Waals surface area contributed by atoms with Gasteiger partial charge in [0.05, 0.1) is 5.69 Å². The molecule has 19 heavy (non-hydrogen) atoms. The molecule has 1 N–H and O–H groups in total. The lowest BCUT2D eigenvalue weighted by atomic mass is 10.2. The van der Waals surface area contributed by atoms with E-state index in [4.69, 9.17) is 4.42 Å². The van der Waals surface area contributed by atoms with E-state index in [-0.39, 0.29) is 6.03 Å². The molecule has 0 saturated heterocycles. The number of fused-ring (bicyclic) bond motifs is 1. The first-order valence-electron chi connectivity index (χ1n) is 6.35. The fraction of sp³-hybridized carbons (Fsp3) is 0.286. The summed E-state index contributed by atoms with van der Waals surface area (Å²) >= 11 is 0. The van der Waals surface area contributed by atoms with Crippen molar-refractivity contribution in [2.75, 3.05) is 18.0 Å². The lowest BCUT2D eigenvalue weighted by molar-refractivity contribution is 0.247. The molecule has 0 radical (unpaired) electrons. The third kappa shape index (κ3) is 2.45. The molecule has 5 heteroatoms. The summed E-state index contributed by atoms with van der Waals surface area (Å²) in [6.07, 6.45) is 4.59. The summed E-state index contributed by atoms with van der Waals surface area (Å²) < 4.78 is 4.88. The smallest absolute Gasteiger partial charge is 0.321 e. The summed E-state index contributed by atoms with van der Waals surface area (Å²) in [6.45, 7) is 1.30. The number of amides is 2. The van der Waals surface area contributed by atoms with Crippen molar-refractivity contribution in [3.05, 3.63) is 48.2 Å². The third-order valence-electron chi connectivity index (χ3n) is 3.27. The van der Waals surface area contributed by atoms with Crippen molar-refractivity contribution in [3.8, 4) is 0 Å². The van der Waals surface area contributed by atoms with Gasteiger partial charge in [-0.1, -0.05) is 18.2 Å². The van der Waals surface area contributed by atoms with Crippen LogP contribution in [0.2, 0.25) is 0 Å². The number of aromatic nitrogens is 1. The predicted octanol–water partition coefficient (Wildman–Crippen LogP) is 1.99. The maximum atomic E-state index is 12.1. The molecular weight excluding hydrogens is 242 g/mol. The quantitative estimate of drug-likeness (QED) is 0.914. The van der Waals surface area contributed by atoms with E-state index in [0.717, 1.165) is 24.3 Å². The van der Waals surface area contributed by atoms with Gasteiger partial charge in [0.1, 0.15) is 6.26 Å². The second-order valence-electron chi connectivity index (χ2n) is 4.49. The van der Waals surface area contributed by atoms with Gasteiger partial charge in [0.25, 0.3) is 0 Å². The summed E-state index contributed by atoms with van der Waals surface area (Å²) in [5.41, 5.74) is 3.10. The van der Waals surface area contributed by atoms with Crippen LogP contribution in [0.3, 0.4) is 0 Å². The Morgan fingerprint density at radius 1 is 1.42 bits per heavy atom. The number of urea groups is 1. The van der Waals surface area contributed by atoms with Crippen LogP contribution in [0.4, 0.5) is 10.5 Å². The predicted molar refractivity (Wildman–Crippen MR) is 71.1 cm³/mol. The van der Waals surface area contributed by atoms with Crippen molar-refractivity contribution in [1.29, 1.82) is 0 Å². The Balaban J connectivity index is 1.57. The standard InChI is InChI=1S/C14H15N3O2/c18-14(15-7-5-12-9-19-10-16-12)17-8-6-11-3-1-2-4-13(11)17/h1-4,9-10H,5-8H2,(H,15,18). The molecule has 2 amide bonds. The lowest BCUT2D eigenvalue weighted by Crippen LogP contribution is -2.39. The van der Waals surface area contributed by atoms with Crippen LogP contribution in [0.1, 0.15) is 11.3 Å². The first-order chi connectivity index (χ1) is 9.34. The van der Waals surface area contributed by atoms with Crippen LogP contribution in [-0.2, 0) is 12.8 Å². The number of nitrogens with zero attached hydrogens (tertiary/aromatic N) is 2. The first kappa shape index (κ1) is 11.8. The van der Waals surface area contributed by atoms with Crippen LogP contribution >= 0.6 is 0 Å². The van der Waals surface area contributed by atoms with Crippen LogP contribution in [0.5, 0.6) is 0 Å². The first-order valence-corrected chi connectivity index (χ1v) is 6.35. The molecule has 2 heterocycles. The fourth-order valence-corrected chi connectivity index (χ4v) is 2.30. The Hall–Kier alpha value is -2.30. The molecule has 0 fully saturated rings. The third-order valence-corrected chi connectivity index (χ3v) is 3.27. The van der Waals surface area contributed by atoms with Gasteiger partial charge >= 0.3 is 6.03 Å². The molecule has 1 aromatic heterocycles. The van der Waals surface area contributed by atoms with Crippen LogP contribution < -0.4 is 10.2 Å². The highest BCUT2D eigenvalue weighted by atomic mass is 16.3. The van der Waals surface area contributed by atoms with Crippen molar-refractivity contribution in [3.63, 3.8) is 0 Å². The van der Waals surface area contributed by atoms with Gasteiger partial charge < -0.3 is 9.73 Å². The second-order valence-corrected chi connectivity index (χ2v) is 4.49. The topological polar surface area (TPSA) is 58.4 Å². The minimum Gasteiger partial charge on any atom is -0.451 e. The molecule has 1 aliphatic heterocycles. The van der Waals surface area contributed by atoms with E-state index in [0.29, 0.717) is 13.0 Å². The van der Waals surface area contributed by atoms with Crippen molar-refractivity contribution >= 4 is 11.7 Å². The zero-order chi connectivity index (χ0) is 13.1.